The number of nitrogens with zero attached hydrogens (tertiary/aromatic N) is 4. The number of hydrogen-bond donors (Lipinski definition) is 1. The third kappa shape index (κ3) is 4.50. The van der Waals surface area contributed by atoms with Crippen molar-refractivity contribution in [3.05, 3.63) is 36.4 Å². The van der Waals surface area contributed by atoms with Crippen molar-refractivity contribution in [3.63, 3.8) is 0 Å². The van der Waals surface area contributed by atoms with Crippen molar-refractivity contribution in [3.8, 4) is 11.3 Å². The van der Waals surface area contributed by atoms with Gasteiger partial charge in [0, 0.05) is 50.3 Å². The van der Waals surface area contributed by atoms with E-state index in [4.69, 9.17) is 9.97 Å². The van der Waals surface area contributed by atoms with Crippen LogP contribution < -0.4 is 10.2 Å². The van der Waals surface area contributed by atoms with Crippen molar-refractivity contribution in [1.29, 1.82) is 0 Å². The third-order valence-electron chi connectivity index (χ3n) is 4.32. The summed E-state index contributed by atoms with van der Waals surface area (Å²) in [6.45, 7) is 10.9. The molecule has 3 rings (SSSR count). The number of nitrogens with one attached hydrogen (secondary N) is 1. The van der Waals surface area contributed by atoms with E-state index in [1.807, 2.05) is 29.2 Å². The Bertz CT molecular complexity index is 762. The van der Waals surface area contributed by atoms with E-state index in [1.54, 1.807) is 6.92 Å². The average Bonchev–Trinajstić information content (AvgIpc) is 2.61. The molecule has 6 heteroatoms. The molecule has 1 saturated heterocycles. The minimum Gasteiger partial charge on any atom is -0.353 e. The maximum atomic E-state index is 11.6. The first kappa shape index (κ1) is 18.2. The Morgan fingerprint density at radius 1 is 1.04 bits per heavy atom. The summed E-state index contributed by atoms with van der Waals surface area (Å²) in [4.78, 5) is 25.1. The zero-order valence-corrected chi connectivity index (χ0v) is 16.0. The monoisotopic (exact) mass is 353 g/mol. The summed E-state index contributed by atoms with van der Waals surface area (Å²) >= 11 is 0. The largest absolute Gasteiger partial charge is 0.353 e. The second-order valence-electron chi connectivity index (χ2n) is 7.67. The zero-order valence-electron chi connectivity index (χ0n) is 16.0. The van der Waals surface area contributed by atoms with Crippen LogP contribution >= 0.6 is 0 Å². The minimum absolute atomic E-state index is 0.125. The first-order valence-corrected chi connectivity index (χ1v) is 9.05. The lowest BCUT2D eigenvalue weighted by atomic mass is 10.1. The Kier molecular flexibility index (Phi) is 5.11. The number of rotatable bonds is 3. The molecule has 1 amide bonds. The van der Waals surface area contributed by atoms with E-state index in [9.17, 15) is 4.79 Å². The van der Waals surface area contributed by atoms with Gasteiger partial charge in [-0.2, -0.15) is 4.98 Å². The number of carbonyl (C=O) groups is 1. The molecule has 0 aliphatic carbocycles. The maximum Gasteiger partial charge on any atom is 0.225 e. The van der Waals surface area contributed by atoms with E-state index in [0.29, 0.717) is 5.95 Å². The first-order chi connectivity index (χ1) is 12.3. The van der Waals surface area contributed by atoms with Crippen LogP contribution in [0.2, 0.25) is 0 Å². The molecule has 1 fully saturated rings. The van der Waals surface area contributed by atoms with Gasteiger partial charge in [0.05, 0.1) is 5.69 Å². The van der Waals surface area contributed by atoms with Crippen LogP contribution in [0, 0.1) is 0 Å². The molecule has 1 aromatic heterocycles. The van der Waals surface area contributed by atoms with Gasteiger partial charge in [-0.15, -0.1) is 0 Å². The van der Waals surface area contributed by atoms with Crippen molar-refractivity contribution in [1.82, 2.24) is 14.9 Å². The Balaban J connectivity index is 1.91. The predicted molar refractivity (Wildman–Crippen MR) is 105 cm³/mol. The molecule has 1 aliphatic heterocycles. The SMILES string of the molecule is CC(=O)N1CCN(c2cc(-c3ccccc3)nc(NC(C)(C)C)n2)CC1. The molecule has 2 heterocycles. The van der Waals surface area contributed by atoms with Crippen LogP contribution in [0.15, 0.2) is 36.4 Å². The van der Waals surface area contributed by atoms with E-state index in [-0.39, 0.29) is 11.4 Å². The summed E-state index contributed by atoms with van der Waals surface area (Å²) in [7, 11) is 0. The molecule has 0 unspecified atom stereocenters. The smallest absolute Gasteiger partial charge is 0.225 e. The van der Waals surface area contributed by atoms with Crippen LogP contribution in [-0.2, 0) is 4.79 Å². The van der Waals surface area contributed by atoms with E-state index < -0.39 is 0 Å². The van der Waals surface area contributed by atoms with E-state index in [2.05, 4.69) is 43.1 Å². The molecule has 1 aliphatic rings. The quantitative estimate of drug-likeness (QED) is 0.919. The molecule has 1 aromatic carbocycles. The molecule has 26 heavy (non-hydrogen) atoms. The highest BCUT2D eigenvalue weighted by Gasteiger charge is 2.21. The number of piperazine rings is 1. The Hall–Kier alpha value is -2.63. The fourth-order valence-corrected chi connectivity index (χ4v) is 2.99. The molecule has 138 valence electrons. The van der Waals surface area contributed by atoms with Crippen LogP contribution in [0.25, 0.3) is 11.3 Å². The molecule has 1 N–H and O–H groups in total. The molecule has 2 aromatic rings. The summed E-state index contributed by atoms with van der Waals surface area (Å²) in [5, 5.41) is 3.38. The Morgan fingerprint density at radius 3 is 2.27 bits per heavy atom. The standard InChI is InChI=1S/C20H27N5O/c1-15(26)24-10-12-25(13-11-24)18-14-17(16-8-6-5-7-9-16)21-19(22-18)23-20(2,3)4/h5-9,14H,10-13H2,1-4H3,(H,21,22,23). The van der Waals surface area contributed by atoms with Gasteiger partial charge in [-0.25, -0.2) is 4.98 Å². The van der Waals surface area contributed by atoms with Gasteiger partial charge < -0.3 is 15.1 Å². The van der Waals surface area contributed by atoms with Gasteiger partial charge >= 0.3 is 0 Å². The van der Waals surface area contributed by atoms with Gasteiger partial charge in [-0.1, -0.05) is 30.3 Å². The van der Waals surface area contributed by atoms with E-state index in [1.165, 1.54) is 0 Å². The summed E-state index contributed by atoms with van der Waals surface area (Å²) in [6, 6.07) is 12.2. The number of hydrogen-bond acceptors (Lipinski definition) is 5. The highest BCUT2D eigenvalue weighted by molar-refractivity contribution is 5.73. The minimum atomic E-state index is -0.125. The summed E-state index contributed by atoms with van der Waals surface area (Å²) in [5.41, 5.74) is 1.84. The van der Waals surface area contributed by atoms with Gasteiger partial charge in [-0.3, -0.25) is 4.79 Å². The lowest BCUT2D eigenvalue weighted by Crippen LogP contribution is -2.48. The van der Waals surface area contributed by atoms with E-state index in [0.717, 1.165) is 43.3 Å². The van der Waals surface area contributed by atoms with Gasteiger partial charge in [0.2, 0.25) is 11.9 Å². The highest BCUT2D eigenvalue weighted by atomic mass is 16.2. The van der Waals surface area contributed by atoms with Gasteiger partial charge in [0.15, 0.2) is 0 Å². The maximum absolute atomic E-state index is 11.6. The van der Waals surface area contributed by atoms with Crippen LogP contribution in [0.3, 0.4) is 0 Å². The molecule has 0 radical (unpaired) electrons. The number of aromatic nitrogens is 2. The molecular weight excluding hydrogens is 326 g/mol. The van der Waals surface area contributed by atoms with Gasteiger partial charge in [-0.05, 0) is 20.8 Å². The second kappa shape index (κ2) is 7.32. The zero-order chi connectivity index (χ0) is 18.7. The fraction of sp³-hybridized carbons (Fsp3) is 0.450. The van der Waals surface area contributed by atoms with Crippen molar-refractivity contribution < 1.29 is 4.79 Å². The van der Waals surface area contributed by atoms with Gasteiger partial charge in [0.1, 0.15) is 5.82 Å². The molecule has 0 saturated carbocycles. The normalized spacial score (nSPS) is 15.1. The van der Waals surface area contributed by atoms with Crippen LogP contribution in [0.5, 0.6) is 0 Å². The number of benzene rings is 1. The highest BCUT2D eigenvalue weighted by Crippen LogP contribution is 2.25. The van der Waals surface area contributed by atoms with Crippen molar-refractivity contribution >= 4 is 17.7 Å². The van der Waals surface area contributed by atoms with Crippen molar-refractivity contribution in [2.45, 2.75) is 33.2 Å². The van der Waals surface area contributed by atoms with Crippen molar-refractivity contribution in [2.24, 2.45) is 0 Å². The summed E-state index contributed by atoms with van der Waals surface area (Å²) in [5.74, 6) is 1.66. The number of anilines is 2. The molecule has 0 atom stereocenters. The van der Waals surface area contributed by atoms with Crippen molar-refractivity contribution in [2.75, 3.05) is 36.4 Å². The fourth-order valence-electron chi connectivity index (χ4n) is 2.99. The lowest BCUT2D eigenvalue weighted by molar-refractivity contribution is -0.129. The topological polar surface area (TPSA) is 61.4 Å². The second-order valence-corrected chi connectivity index (χ2v) is 7.67. The number of carbonyl (C=O) groups excluding carboxylic acids is 1. The van der Waals surface area contributed by atoms with Crippen LogP contribution in [0.4, 0.5) is 11.8 Å². The Labute approximate surface area is 155 Å². The molecular formula is C20H27N5O. The molecule has 0 spiro atoms. The molecule has 6 nitrogen and oxygen atoms in total. The van der Waals surface area contributed by atoms with Gasteiger partial charge in [0.25, 0.3) is 0 Å². The number of amides is 1. The molecule has 0 bridgehead atoms. The van der Waals surface area contributed by atoms with Crippen LogP contribution in [-0.4, -0.2) is 52.5 Å². The Morgan fingerprint density at radius 2 is 1.69 bits per heavy atom. The summed E-state index contributed by atoms with van der Waals surface area (Å²) in [6.07, 6.45) is 0. The lowest BCUT2D eigenvalue weighted by Gasteiger charge is -2.35. The third-order valence-corrected chi connectivity index (χ3v) is 4.32. The van der Waals surface area contributed by atoms with Crippen LogP contribution in [0.1, 0.15) is 27.7 Å². The van der Waals surface area contributed by atoms with E-state index >= 15 is 0 Å². The average molecular weight is 353 g/mol. The predicted octanol–water partition coefficient (Wildman–Crippen LogP) is 3.02. The first-order valence-electron chi connectivity index (χ1n) is 9.05. The summed E-state index contributed by atoms with van der Waals surface area (Å²) < 4.78 is 0.